The second-order valence-corrected chi connectivity index (χ2v) is 7.20. The predicted octanol–water partition coefficient (Wildman–Crippen LogP) is 2.76. The zero-order valence-electron chi connectivity index (χ0n) is 16.5. The molecule has 28 heavy (non-hydrogen) atoms. The summed E-state index contributed by atoms with van der Waals surface area (Å²) in [6.45, 7) is 6.63. The molecular formula is C21H26N2O5. The van der Waals surface area contributed by atoms with Crippen molar-refractivity contribution in [2.24, 2.45) is 0 Å². The first kappa shape index (κ1) is 20.1. The van der Waals surface area contributed by atoms with Gasteiger partial charge in [0.15, 0.2) is 18.3 Å². The molecule has 0 unspecified atom stereocenters. The van der Waals surface area contributed by atoms with Gasteiger partial charge in [-0.3, -0.25) is 9.59 Å². The van der Waals surface area contributed by atoms with Crippen molar-refractivity contribution >= 4 is 11.9 Å². The van der Waals surface area contributed by atoms with Crippen molar-refractivity contribution in [3.8, 4) is 11.3 Å². The van der Waals surface area contributed by atoms with Gasteiger partial charge in [-0.05, 0) is 20.8 Å². The summed E-state index contributed by atoms with van der Waals surface area (Å²) >= 11 is 0. The SMILES string of the molecule is Cc1ccc(-c2cnc(CCC(=O)OCC(=O)N3C[C@H](C)O[C@@H](C)C3)o2)cc1. The molecule has 0 saturated carbocycles. The normalized spacial score (nSPS) is 19.5. The van der Waals surface area contributed by atoms with E-state index in [0.29, 0.717) is 31.2 Å². The van der Waals surface area contributed by atoms with Crippen LogP contribution < -0.4 is 0 Å². The van der Waals surface area contributed by atoms with Gasteiger partial charge < -0.3 is 18.8 Å². The first-order chi connectivity index (χ1) is 13.4. The van der Waals surface area contributed by atoms with E-state index in [-0.39, 0.29) is 31.1 Å². The molecule has 1 aliphatic heterocycles. The lowest BCUT2D eigenvalue weighted by molar-refractivity contribution is -0.157. The lowest BCUT2D eigenvalue weighted by Gasteiger charge is -2.35. The highest BCUT2D eigenvalue weighted by Gasteiger charge is 2.26. The van der Waals surface area contributed by atoms with Gasteiger partial charge in [0.25, 0.3) is 5.91 Å². The van der Waals surface area contributed by atoms with E-state index >= 15 is 0 Å². The zero-order chi connectivity index (χ0) is 20.1. The van der Waals surface area contributed by atoms with Gasteiger partial charge >= 0.3 is 5.97 Å². The fourth-order valence-electron chi connectivity index (χ4n) is 3.17. The molecule has 1 amide bonds. The van der Waals surface area contributed by atoms with Crippen molar-refractivity contribution in [2.45, 2.75) is 45.8 Å². The molecule has 0 spiro atoms. The lowest BCUT2D eigenvalue weighted by atomic mass is 10.1. The Balaban J connectivity index is 1.43. The van der Waals surface area contributed by atoms with Crippen molar-refractivity contribution in [2.75, 3.05) is 19.7 Å². The first-order valence-electron chi connectivity index (χ1n) is 9.51. The summed E-state index contributed by atoms with van der Waals surface area (Å²) in [5.74, 6) is 0.481. The second kappa shape index (κ2) is 9.01. The maximum absolute atomic E-state index is 12.2. The van der Waals surface area contributed by atoms with Crippen LogP contribution in [0.3, 0.4) is 0 Å². The number of aryl methyl sites for hydroxylation is 2. The van der Waals surface area contributed by atoms with Crippen molar-refractivity contribution in [1.29, 1.82) is 0 Å². The molecule has 2 heterocycles. The maximum atomic E-state index is 12.2. The monoisotopic (exact) mass is 386 g/mol. The molecule has 0 aliphatic carbocycles. The number of carbonyl (C=O) groups excluding carboxylic acids is 2. The highest BCUT2D eigenvalue weighted by atomic mass is 16.5. The molecule has 1 aromatic carbocycles. The van der Waals surface area contributed by atoms with E-state index in [1.54, 1.807) is 11.1 Å². The van der Waals surface area contributed by atoms with Gasteiger partial charge in [-0.15, -0.1) is 0 Å². The molecule has 1 saturated heterocycles. The summed E-state index contributed by atoms with van der Waals surface area (Å²) < 4.78 is 16.4. The van der Waals surface area contributed by atoms with E-state index in [4.69, 9.17) is 13.9 Å². The van der Waals surface area contributed by atoms with Gasteiger partial charge in [0.2, 0.25) is 0 Å². The number of carbonyl (C=O) groups is 2. The smallest absolute Gasteiger partial charge is 0.306 e. The number of hydrogen-bond donors (Lipinski definition) is 0. The Hall–Kier alpha value is -2.67. The van der Waals surface area contributed by atoms with Crippen LogP contribution in [0.4, 0.5) is 0 Å². The number of benzene rings is 1. The molecule has 1 aromatic heterocycles. The van der Waals surface area contributed by atoms with Gasteiger partial charge in [0, 0.05) is 25.1 Å². The van der Waals surface area contributed by atoms with Gasteiger partial charge in [-0.1, -0.05) is 29.8 Å². The van der Waals surface area contributed by atoms with E-state index < -0.39 is 5.97 Å². The molecule has 2 aromatic rings. The predicted molar refractivity (Wildman–Crippen MR) is 103 cm³/mol. The number of nitrogens with zero attached hydrogens (tertiary/aromatic N) is 2. The number of morpholine rings is 1. The Bertz CT molecular complexity index is 804. The van der Waals surface area contributed by atoms with Crippen LogP contribution in [0.1, 0.15) is 31.7 Å². The summed E-state index contributed by atoms with van der Waals surface area (Å²) in [7, 11) is 0. The summed E-state index contributed by atoms with van der Waals surface area (Å²) in [6.07, 6.45) is 2.05. The van der Waals surface area contributed by atoms with E-state index in [0.717, 1.165) is 5.56 Å². The molecular weight excluding hydrogens is 360 g/mol. The number of rotatable bonds is 6. The number of aromatic nitrogens is 1. The van der Waals surface area contributed by atoms with Crippen LogP contribution in [-0.2, 0) is 25.5 Å². The number of ether oxygens (including phenoxy) is 2. The topological polar surface area (TPSA) is 81.9 Å². The Kier molecular flexibility index (Phi) is 6.46. The lowest BCUT2D eigenvalue weighted by Crippen LogP contribution is -2.49. The van der Waals surface area contributed by atoms with E-state index in [2.05, 4.69) is 4.98 Å². The van der Waals surface area contributed by atoms with Gasteiger partial charge in [0.05, 0.1) is 24.8 Å². The van der Waals surface area contributed by atoms with Crippen LogP contribution in [0.5, 0.6) is 0 Å². The van der Waals surface area contributed by atoms with Crippen LogP contribution in [0.25, 0.3) is 11.3 Å². The zero-order valence-corrected chi connectivity index (χ0v) is 16.5. The van der Waals surface area contributed by atoms with Crippen molar-refractivity contribution in [3.05, 3.63) is 41.9 Å². The van der Waals surface area contributed by atoms with E-state index in [9.17, 15) is 9.59 Å². The third kappa shape index (κ3) is 5.42. The minimum Gasteiger partial charge on any atom is -0.456 e. The number of esters is 1. The van der Waals surface area contributed by atoms with Crippen LogP contribution in [0.2, 0.25) is 0 Å². The Morgan fingerprint density at radius 1 is 1.18 bits per heavy atom. The largest absolute Gasteiger partial charge is 0.456 e. The summed E-state index contributed by atoms with van der Waals surface area (Å²) in [6, 6.07) is 7.93. The molecule has 1 aliphatic rings. The Morgan fingerprint density at radius 2 is 1.86 bits per heavy atom. The highest BCUT2D eigenvalue weighted by molar-refractivity contribution is 5.80. The molecule has 2 atom stereocenters. The van der Waals surface area contributed by atoms with Gasteiger partial charge in [0.1, 0.15) is 0 Å². The average Bonchev–Trinajstić information content (AvgIpc) is 3.13. The molecule has 7 nitrogen and oxygen atoms in total. The molecule has 0 bridgehead atoms. The van der Waals surface area contributed by atoms with Crippen LogP contribution in [0.15, 0.2) is 34.9 Å². The molecule has 3 rings (SSSR count). The van der Waals surface area contributed by atoms with Crippen LogP contribution in [0, 0.1) is 6.92 Å². The third-order valence-electron chi connectivity index (χ3n) is 4.56. The summed E-state index contributed by atoms with van der Waals surface area (Å²) in [5, 5.41) is 0. The standard InChI is InChI=1S/C21H26N2O5/c1-14-4-6-17(7-5-14)18-10-22-19(28-18)8-9-21(25)26-13-20(24)23-11-15(2)27-16(3)12-23/h4-7,10,15-16H,8-9,11-13H2,1-3H3/t15-,16-/m0/s1. The van der Waals surface area contributed by atoms with Crippen LogP contribution >= 0.6 is 0 Å². The highest BCUT2D eigenvalue weighted by Crippen LogP contribution is 2.21. The fourth-order valence-corrected chi connectivity index (χ4v) is 3.17. The Morgan fingerprint density at radius 3 is 2.54 bits per heavy atom. The fraction of sp³-hybridized carbons (Fsp3) is 0.476. The molecule has 0 N–H and O–H groups in total. The van der Waals surface area contributed by atoms with E-state index in [1.165, 1.54) is 5.56 Å². The molecule has 0 radical (unpaired) electrons. The summed E-state index contributed by atoms with van der Waals surface area (Å²) in [5.41, 5.74) is 2.10. The minimum atomic E-state index is -0.446. The first-order valence-corrected chi connectivity index (χ1v) is 9.51. The molecule has 7 heteroatoms. The van der Waals surface area contributed by atoms with Crippen LogP contribution in [-0.4, -0.2) is 53.7 Å². The van der Waals surface area contributed by atoms with Crippen molar-refractivity contribution < 1.29 is 23.5 Å². The summed E-state index contributed by atoms with van der Waals surface area (Å²) in [4.78, 5) is 30.1. The van der Waals surface area contributed by atoms with Crippen molar-refractivity contribution in [3.63, 3.8) is 0 Å². The number of hydrogen-bond acceptors (Lipinski definition) is 6. The van der Waals surface area contributed by atoms with E-state index in [1.807, 2.05) is 45.0 Å². The third-order valence-corrected chi connectivity index (χ3v) is 4.56. The van der Waals surface area contributed by atoms with Gasteiger partial charge in [-0.25, -0.2) is 4.98 Å². The number of oxazole rings is 1. The van der Waals surface area contributed by atoms with Gasteiger partial charge in [-0.2, -0.15) is 0 Å². The maximum Gasteiger partial charge on any atom is 0.306 e. The minimum absolute atomic E-state index is 0.0175. The van der Waals surface area contributed by atoms with Crippen molar-refractivity contribution in [1.82, 2.24) is 9.88 Å². The average molecular weight is 386 g/mol. The molecule has 150 valence electrons. The second-order valence-electron chi connectivity index (χ2n) is 7.20. The number of amides is 1. The molecule has 1 fully saturated rings. The quantitative estimate of drug-likeness (QED) is 0.710. The Labute approximate surface area is 164 Å².